The molecular formula is C16H22ClN3O. The Kier molecular flexibility index (Phi) is 5.37. The van der Waals surface area contributed by atoms with Crippen molar-refractivity contribution in [2.75, 3.05) is 0 Å². The molecule has 0 unspecified atom stereocenters. The van der Waals surface area contributed by atoms with Crippen molar-refractivity contribution in [3.63, 3.8) is 0 Å². The van der Waals surface area contributed by atoms with Gasteiger partial charge in [0.2, 0.25) is 11.8 Å². The summed E-state index contributed by atoms with van der Waals surface area (Å²) in [7, 11) is 0. The van der Waals surface area contributed by atoms with Gasteiger partial charge < -0.3 is 4.42 Å². The van der Waals surface area contributed by atoms with E-state index in [9.17, 15) is 0 Å². The highest BCUT2D eigenvalue weighted by atomic mass is 35.5. The van der Waals surface area contributed by atoms with Crippen LogP contribution in [-0.4, -0.2) is 10.2 Å². The molecule has 2 rings (SSSR count). The van der Waals surface area contributed by atoms with Gasteiger partial charge in [-0.2, -0.15) is 0 Å². The highest BCUT2D eigenvalue weighted by Crippen LogP contribution is 2.25. The fourth-order valence-electron chi connectivity index (χ4n) is 2.24. The average molecular weight is 308 g/mol. The summed E-state index contributed by atoms with van der Waals surface area (Å²) in [5.41, 5.74) is 1.06. The quantitative estimate of drug-likeness (QED) is 0.863. The van der Waals surface area contributed by atoms with E-state index in [0.717, 1.165) is 17.0 Å². The largest absolute Gasteiger partial charge is 0.424 e. The normalized spacial score (nSPS) is 14.4. The lowest BCUT2D eigenvalue weighted by Crippen LogP contribution is -2.23. The standard InChI is InChI=1S/C16H22ClN3O/c1-10(2)9-15-19-20-16(21-15)12(4)18-11(3)13-7-5-6-8-14(13)17/h5-8,10-12,18H,9H2,1-4H3/t11-,12+/m0/s1. The number of hydrogen-bond donors (Lipinski definition) is 1. The molecule has 1 N–H and O–H groups in total. The van der Waals surface area contributed by atoms with Crippen molar-refractivity contribution in [3.8, 4) is 0 Å². The Bertz CT molecular complexity index is 582. The van der Waals surface area contributed by atoms with E-state index in [1.807, 2.05) is 31.2 Å². The van der Waals surface area contributed by atoms with Gasteiger partial charge in [0, 0.05) is 17.5 Å². The van der Waals surface area contributed by atoms with Crippen LogP contribution in [-0.2, 0) is 6.42 Å². The van der Waals surface area contributed by atoms with Gasteiger partial charge in [0.05, 0.1) is 6.04 Å². The van der Waals surface area contributed by atoms with Crippen LogP contribution in [0.3, 0.4) is 0 Å². The third kappa shape index (κ3) is 4.29. The Morgan fingerprint density at radius 3 is 2.48 bits per heavy atom. The number of nitrogens with zero attached hydrogens (tertiary/aromatic N) is 2. The summed E-state index contributed by atoms with van der Waals surface area (Å²) in [5, 5.41) is 12.4. The first kappa shape index (κ1) is 16.0. The lowest BCUT2D eigenvalue weighted by atomic mass is 10.1. The molecule has 0 amide bonds. The van der Waals surface area contributed by atoms with E-state index in [-0.39, 0.29) is 12.1 Å². The first-order valence-electron chi connectivity index (χ1n) is 7.30. The maximum atomic E-state index is 6.22. The average Bonchev–Trinajstić information content (AvgIpc) is 2.86. The highest BCUT2D eigenvalue weighted by molar-refractivity contribution is 6.31. The Morgan fingerprint density at radius 1 is 1.10 bits per heavy atom. The number of hydrogen-bond acceptors (Lipinski definition) is 4. The van der Waals surface area contributed by atoms with Crippen LogP contribution in [0.4, 0.5) is 0 Å². The van der Waals surface area contributed by atoms with Crippen LogP contribution in [0.2, 0.25) is 5.02 Å². The van der Waals surface area contributed by atoms with Crippen molar-refractivity contribution in [2.45, 2.75) is 46.2 Å². The van der Waals surface area contributed by atoms with Crippen molar-refractivity contribution in [1.82, 2.24) is 15.5 Å². The molecule has 21 heavy (non-hydrogen) atoms. The zero-order chi connectivity index (χ0) is 15.4. The molecule has 2 aromatic rings. The second kappa shape index (κ2) is 7.05. The Hall–Kier alpha value is -1.39. The third-order valence-corrected chi connectivity index (χ3v) is 3.65. The molecule has 4 nitrogen and oxygen atoms in total. The van der Waals surface area contributed by atoms with E-state index < -0.39 is 0 Å². The molecule has 0 saturated heterocycles. The van der Waals surface area contributed by atoms with Crippen molar-refractivity contribution in [2.24, 2.45) is 5.92 Å². The summed E-state index contributed by atoms with van der Waals surface area (Å²) < 4.78 is 5.71. The van der Waals surface area contributed by atoms with E-state index in [1.165, 1.54) is 0 Å². The van der Waals surface area contributed by atoms with Crippen LogP contribution in [0.5, 0.6) is 0 Å². The molecular weight excluding hydrogens is 286 g/mol. The van der Waals surface area contributed by atoms with Gasteiger partial charge in [0.15, 0.2) is 0 Å². The van der Waals surface area contributed by atoms with E-state index in [4.69, 9.17) is 16.0 Å². The molecule has 0 bridgehead atoms. The molecule has 2 atom stereocenters. The molecule has 1 heterocycles. The van der Waals surface area contributed by atoms with Gasteiger partial charge in [-0.1, -0.05) is 43.6 Å². The topological polar surface area (TPSA) is 51.0 Å². The smallest absolute Gasteiger partial charge is 0.233 e. The molecule has 0 aliphatic rings. The summed E-state index contributed by atoms with van der Waals surface area (Å²) in [6.07, 6.45) is 0.805. The van der Waals surface area contributed by atoms with Gasteiger partial charge in [-0.25, -0.2) is 0 Å². The molecule has 0 aliphatic carbocycles. The van der Waals surface area contributed by atoms with Gasteiger partial charge in [0.25, 0.3) is 0 Å². The van der Waals surface area contributed by atoms with E-state index in [2.05, 4.69) is 36.3 Å². The van der Waals surface area contributed by atoms with Crippen molar-refractivity contribution < 1.29 is 4.42 Å². The summed E-state index contributed by atoms with van der Waals surface area (Å²) in [5.74, 6) is 1.81. The Balaban J connectivity index is 2.02. The fraction of sp³-hybridized carbons (Fsp3) is 0.500. The zero-order valence-electron chi connectivity index (χ0n) is 12.9. The minimum Gasteiger partial charge on any atom is -0.424 e. The van der Waals surface area contributed by atoms with Crippen LogP contribution in [0, 0.1) is 5.92 Å². The number of halogens is 1. The van der Waals surface area contributed by atoms with E-state index in [0.29, 0.717) is 17.7 Å². The van der Waals surface area contributed by atoms with Crippen LogP contribution in [0.15, 0.2) is 28.7 Å². The molecule has 0 radical (unpaired) electrons. The molecule has 114 valence electrons. The van der Waals surface area contributed by atoms with Crippen molar-refractivity contribution in [3.05, 3.63) is 46.6 Å². The molecule has 5 heteroatoms. The number of aromatic nitrogens is 2. The minimum atomic E-state index is -0.0234. The van der Waals surface area contributed by atoms with Gasteiger partial charge in [0.1, 0.15) is 0 Å². The molecule has 0 fully saturated rings. The predicted molar refractivity (Wildman–Crippen MR) is 84.3 cm³/mol. The summed E-state index contributed by atoms with van der Waals surface area (Å²) in [6, 6.07) is 7.91. The van der Waals surface area contributed by atoms with Gasteiger partial charge >= 0.3 is 0 Å². The molecule has 0 saturated carbocycles. The minimum absolute atomic E-state index is 0.0234. The van der Waals surface area contributed by atoms with Gasteiger partial charge in [-0.05, 0) is 31.4 Å². The maximum absolute atomic E-state index is 6.22. The fourth-order valence-corrected chi connectivity index (χ4v) is 2.54. The third-order valence-electron chi connectivity index (χ3n) is 3.31. The number of benzene rings is 1. The maximum Gasteiger partial charge on any atom is 0.233 e. The van der Waals surface area contributed by atoms with Crippen molar-refractivity contribution in [1.29, 1.82) is 0 Å². The lowest BCUT2D eigenvalue weighted by molar-refractivity contribution is 0.364. The first-order chi connectivity index (χ1) is 9.97. The summed E-state index contributed by atoms with van der Waals surface area (Å²) in [6.45, 7) is 8.35. The van der Waals surface area contributed by atoms with Gasteiger partial charge in [-0.3, -0.25) is 5.32 Å². The van der Waals surface area contributed by atoms with Crippen LogP contribution < -0.4 is 5.32 Å². The van der Waals surface area contributed by atoms with E-state index >= 15 is 0 Å². The van der Waals surface area contributed by atoms with Crippen LogP contribution >= 0.6 is 11.6 Å². The number of nitrogens with one attached hydrogen (secondary N) is 1. The highest BCUT2D eigenvalue weighted by Gasteiger charge is 2.18. The Labute approximate surface area is 130 Å². The summed E-state index contributed by atoms with van der Waals surface area (Å²) >= 11 is 6.22. The lowest BCUT2D eigenvalue weighted by Gasteiger charge is -2.18. The molecule has 0 aliphatic heterocycles. The number of rotatable bonds is 6. The molecule has 1 aromatic heterocycles. The predicted octanol–water partition coefficient (Wildman–Crippen LogP) is 4.33. The van der Waals surface area contributed by atoms with Crippen LogP contribution in [0.1, 0.15) is 57.1 Å². The second-order valence-corrected chi connectivity index (χ2v) is 6.17. The Morgan fingerprint density at radius 2 is 1.81 bits per heavy atom. The SMILES string of the molecule is CC(C)Cc1nnc([C@@H](C)N[C@@H](C)c2ccccc2Cl)o1. The monoisotopic (exact) mass is 307 g/mol. The first-order valence-corrected chi connectivity index (χ1v) is 7.68. The second-order valence-electron chi connectivity index (χ2n) is 5.76. The molecule has 0 spiro atoms. The van der Waals surface area contributed by atoms with Gasteiger partial charge in [-0.15, -0.1) is 10.2 Å². The van der Waals surface area contributed by atoms with Crippen molar-refractivity contribution >= 4 is 11.6 Å². The zero-order valence-corrected chi connectivity index (χ0v) is 13.7. The van der Waals surface area contributed by atoms with E-state index in [1.54, 1.807) is 0 Å². The van der Waals surface area contributed by atoms with Crippen LogP contribution in [0.25, 0.3) is 0 Å². The summed E-state index contributed by atoms with van der Waals surface area (Å²) in [4.78, 5) is 0. The molecule has 1 aromatic carbocycles.